The van der Waals surface area contributed by atoms with Crippen LogP contribution in [0, 0.1) is 0 Å². The van der Waals surface area contributed by atoms with Crippen LogP contribution in [0.2, 0.25) is 0 Å². The van der Waals surface area contributed by atoms with Crippen molar-refractivity contribution < 1.29 is 18.0 Å². The molecule has 0 radical (unpaired) electrons. The Morgan fingerprint density at radius 2 is 2.12 bits per heavy atom. The number of halogens is 4. The molecule has 0 unspecified atom stereocenters. The van der Waals surface area contributed by atoms with Crippen molar-refractivity contribution in [3.05, 3.63) is 0 Å². The fourth-order valence-electron chi connectivity index (χ4n) is 1.46. The van der Waals surface area contributed by atoms with E-state index in [2.05, 4.69) is 0 Å². The van der Waals surface area contributed by atoms with E-state index in [1.54, 1.807) is 4.90 Å². The van der Waals surface area contributed by atoms with Gasteiger partial charge in [0, 0.05) is 19.1 Å². The zero-order valence-electron chi connectivity index (χ0n) is 8.59. The number of carbonyl (C=O) groups excluding carboxylic acids is 1. The maximum absolute atomic E-state index is 11.7. The third kappa shape index (κ3) is 6.14. The molecule has 1 fully saturated rings. The van der Waals surface area contributed by atoms with Crippen LogP contribution in [0.15, 0.2) is 0 Å². The first-order chi connectivity index (χ1) is 6.87. The molecule has 0 spiro atoms. The van der Waals surface area contributed by atoms with E-state index in [0.29, 0.717) is 13.1 Å². The predicted octanol–water partition coefficient (Wildman–Crippen LogP) is 0.120. The monoisotopic (exact) mass is 261 g/mol. The van der Waals surface area contributed by atoms with Crippen molar-refractivity contribution in [3.63, 3.8) is 0 Å². The smallest absolute Gasteiger partial charge is 0.346 e. The number of hydrogen-bond donors (Lipinski definition) is 2. The van der Waals surface area contributed by atoms with E-state index in [-0.39, 0.29) is 25.0 Å². The van der Waals surface area contributed by atoms with Gasteiger partial charge in [-0.15, -0.1) is 12.4 Å². The largest absolute Gasteiger partial charge is 0.405 e. The Morgan fingerprint density at radius 1 is 1.50 bits per heavy atom. The van der Waals surface area contributed by atoms with E-state index in [9.17, 15) is 18.0 Å². The molecule has 96 valence electrons. The number of likely N-dealkylation sites (tertiary alicyclic amines) is 1. The first kappa shape index (κ1) is 15.5. The normalized spacial score (nSPS) is 21.6. The summed E-state index contributed by atoms with van der Waals surface area (Å²) < 4.78 is 35.2. The zero-order valence-corrected chi connectivity index (χ0v) is 9.40. The van der Waals surface area contributed by atoms with Gasteiger partial charge >= 0.3 is 6.18 Å². The molecule has 8 heteroatoms. The molecular formula is C8H15ClF3N3O. The van der Waals surface area contributed by atoms with Gasteiger partial charge in [0.05, 0.1) is 6.54 Å². The number of carbonyl (C=O) groups is 1. The molecule has 0 aromatic heterocycles. The van der Waals surface area contributed by atoms with Crippen molar-refractivity contribution in [2.45, 2.75) is 18.6 Å². The highest BCUT2D eigenvalue weighted by molar-refractivity contribution is 5.85. The van der Waals surface area contributed by atoms with Gasteiger partial charge < -0.3 is 11.1 Å². The zero-order chi connectivity index (χ0) is 11.5. The lowest BCUT2D eigenvalue weighted by Gasteiger charge is -2.15. The minimum atomic E-state index is -4.35. The van der Waals surface area contributed by atoms with Gasteiger partial charge in [-0.25, -0.2) is 0 Å². The van der Waals surface area contributed by atoms with Gasteiger partial charge in [-0.2, -0.15) is 13.2 Å². The molecule has 3 N–H and O–H groups in total. The van der Waals surface area contributed by atoms with Crippen LogP contribution < -0.4 is 11.1 Å². The van der Waals surface area contributed by atoms with E-state index < -0.39 is 18.6 Å². The SMILES string of the molecule is Cl.N[C@@H]1CCN(CC(=O)NCC(F)(F)F)C1. The topological polar surface area (TPSA) is 58.4 Å². The number of hydrogen-bond acceptors (Lipinski definition) is 3. The second kappa shape index (κ2) is 6.27. The minimum Gasteiger partial charge on any atom is -0.346 e. The lowest BCUT2D eigenvalue weighted by atomic mass is 10.3. The maximum Gasteiger partial charge on any atom is 0.405 e. The maximum atomic E-state index is 11.7. The van der Waals surface area contributed by atoms with Crippen molar-refractivity contribution in [1.82, 2.24) is 10.2 Å². The van der Waals surface area contributed by atoms with Gasteiger partial charge in [-0.1, -0.05) is 0 Å². The Balaban J connectivity index is 0.00000225. The summed E-state index contributed by atoms with van der Waals surface area (Å²) in [6, 6.07) is 0.0282. The Morgan fingerprint density at radius 3 is 2.56 bits per heavy atom. The Hall–Kier alpha value is -0.530. The summed E-state index contributed by atoms with van der Waals surface area (Å²) in [4.78, 5) is 12.8. The molecule has 1 atom stereocenters. The quantitative estimate of drug-likeness (QED) is 0.759. The van der Waals surface area contributed by atoms with Crippen LogP contribution in [0.5, 0.6) is 0 Å². The van der Waals surface area contributed by atoms with E-state index >= 15 is 0 Å². The van der Waals surface area contributed by atoms with Crippen LogP contribution in [0.25, 0.3) is 0 Å². The summed E-state index contributed by atoms with van der Waals surface area (Å²) in [6.07, 6.45) is -3.57. The fraction of sp³-hybridized carbons (Fsp3) is 0.875. The van der Waals surface area contributed by atoms with Crippen molar-refractivity contribution in [2.24, 2.45) is 5.73 Å². The summed E-state index contributed by atoms with van der Waals surface area (Å²) in [5.74, 6) is -0.610. The van der Waals surface area contributed by atoms with Crippen molar-refractivity contribution in [1.29, 1.82) is 0 Å². The molecule has 1 aliphatic rings. The van der Waals surface area contributed by atoms with Crippen LogP contribution in [0.1, 0.15) is 6.42 Å². The second-order valence-corrected chi connectivity index (χ2v) is 3.68. The van der Waals surface area contributed by atoms with E-state index in [1.807, 2.05) is 5.32 Å². The summed E-state index contributed by atoms with van der Waals surface area (Å²) >= 11 is 0. The van der Waals surface area contributed by atoms with Crippen molar-refractivity contribution in [3.8, 4) is 0 Å². The number of nitrogens with one attached hydrogen (secondary N) is 1. The van der Waals surface area contributed by atoms with Gasteiger partial charge in [0.1, 0.15) is 6.54 Å². The molecule has 0 saturated carbocycles. The highest BCUT2D eigenvalue weighted by Gasteiger charge is 2.28. The molecule has 1 aliphatic heterocycles. The lowest BCUT2D eigenvalue weighted by molar-refractivity contribution is -0.138. The van der Waals surface area contributed by atoms with Gasteiger partial charge in [-0.05, 0) is 6.42 Å². The first-order valence-corrected chi connectivity index (χ1v) is 4.68. The summed E-state index contributed by atoms with van der Waals surface area (Å²) in [7, 11) is 0. The number of nitrogens with two attached hydrogens (primary N) is 1. The highest BCUT2D eigenvalue weighted by atomic mass is 35.5. The molecule has 0 aliphatic carbocycles. The van der Waals surface area contributed by atoms with Crippen LogP contribution in [0.3, 0.4) is 0 Å². The molecule has 4 nitrogen and oxygen atoms in total. The molecule has 16 heavy (non-hydrogen) atoms. The Kier molecular flexibility index (Phi) is 6.06. The van der Waals surface area contributed by atoms with Gasteiger partial charge in [0.25, 0.3) is 0 Å². The molecular weight excluding hydrogens is 247 g/mol. The minimum absolute atomic E-state index is 0. The van der Waals surface area contributed by atoms with Crippen molar-refractivity contribution in [2.75, 3.05) is 26.2 Å². The predicted molar refractivity (Wildman–Crippen MR) is 55.3 cm³/mol. The summed E-state index contributed by atoms with van der Waals surface area (Å²) in [5.41, 5.74) is 5.59. The first-order valence-electron chi connectivity index (χ1n) is 4.68. The van der Waals surface area contributed by atoms with E-state index in [1.165, 1.54) is 0 Å². The van der Waals surface area contributed by atoms with Crippen LogP contribution in [0.4, 0.5) is 13.2 Å². The summed E-state index contributed by atoms with van der Waals surface area (Å²) in [5, 5.41) is 1.82. The van der Waals surface area contributed by atoms with Crippen LogP contribution in [-0.4, -0.2) is 49.2 Å². The molecule has 0 aromatic carbocycles. The third-order valence-corrected chi connectivity index (χ3v) is 2.16. The van der Waals surface area contributed by atoms with Gasteiger partial charge in [-0.3, -0.25) is 9.69 Å². The van der Waals surface area contributed by atoms with E-state index in [4.69, 9.17) is 5.73 Å². The molecule has 1 rings (SSSR count). The summed E-state index contributed by atoms with van der Waals surface area (Å²) in [6.45, 7) is -0.0461. The van der Waals surface area contributed by atoms with Gasteiger partial charge in [0.2, 0.25) is 5.91 Å². The van der Waals surface area contributed by atoms with Crippen LogP contribution in [-0.2, 0) is 4.79 Å². The number of nitrogens with zero attached hydrogens (tertiary/aromatic N) is 1. The number of rotatable bonds is 3. The molecule has 1 amide bonds. The number of alkyl halides is 3. The third-order valence-electron chi connectivity index (χ3n) is 2.16. The van der Waals surface area contributed by atoms with E-state index in [0.717, 1.165) is 6.42 Å². The highest BCUT2D eigenvalue weighted by Crippen LogP contribution is 2.12. The van der Waals surface area contributed by atoms with Crippen LogP contribution >= 0.6 is 12.4 Å². The average molecular weight is 262 g/mol. The standard InChI is InChI=1S/C8H14F3N3O.ClH/c9-8(10,11)5-13-7(15)4-14-2-1-6(12)3-14;/h6H,1-5,12H2,(H,13,15);1H/t6-;/m1./s1. The second-order valence-electron chi connectivity index (χ2n) is 3.68. The average Bonchev–Trinajstić information content (AvgIpc) is 2.47. The van der Waals surface area contributed by atoms with Crippen molar-refractivity contribution >= 4 is 18.3 Å². The fourth-order valence-corrected chi connectivity index (χ4v) is 1.46. The Labute approximate surface area is 97.7 Å². The molecule has 1 saturated heterocycles. The molecule has 1 heterocycles. The molecule has 0 bridgehead atoms. The number of amides is 1. The molecule has 0 aromatic rings. The Bertz CT molecular complexity index is 237. The van der Waals surface area contributed by atoms with Gasteiger partial charge in [0.15, 0.2) is 0 Å². The lowest BCUT2D eigenvalue weighted by Crippen LogP contribution is -2.41.